The van der Waals surface area contributed by atoms with E-state index < -0.39 is 17.8 Å². The molecule has 1 aliphatic rings. The zero-order valence-electron chi connectivity index (χ0n) is 12.3. The number of rotatable bonds is 4. The number of hydrogen-bond donors (Lipinski definition) is 1. The smallest absolute Gasteiger partial charge is 0.416 e. The molecule has 124 valence electrons. The first-order chi connectivity index (χ1) is 10.9. The monoisotopic (exact) mass is 327 g/mol. The Labute approximate surface area is 131 Å². The standard InChI is InChI=1S/C15H16F3N3O2/c1-3-14(21-19-2)23-12-7-10(13-9-20-4-5-22-13)6-11(8-12)15(16,17)18/h3,6-8,13,20H,1-2,4-5,9H2/b21-14+/t13-/m0/s1. The van der Waals surface area contributed by atoms with E-state index >= 15 is 0 Å². The van der Waals surface area contributed by atoms with Gasteiger partial charge >= 0.3 is 6.18 Å². The average Bonchev–Trinajstić information content (AvgIpc) is 2.54. The highest BCUT2D eigenvalue weighted by Crippen LogP contribution is 2.35. The summed E-state index contributed by atoms with van der Waals surface area (Å²) in [4.78, 5) is 0. The second-order valence-electron chi connectivity index (χ2n) is 4.74. The van der Waals surface area contributed by atoms with Crippen LogP contribution in [0.25, 0.3) is 0 Å². The van der Waals surface area contributed by atoms with E-state index in [1.807, 2.05) is 0 Å². The van der Waals surface area contributed by atoms with Crippen LogP contribution in [0.15, 0.2) is 41.1 Å². The fourth-order valence-corrected chi connectivity index (χ4v) is 2.10. The summed E-state index contributed by atoms with van der Waals surface area (Å²) in [5.74, 6) is -0.0701. The van der Waals surface area contributed by atoms with E-state index in [4.69, 9.17) is 9.47 Å². The molecule has 8 heteroatoms. The fraction of sp³-hybridized carbons (Fsp3) is 0.333. The molecule has 0 aliphatic carbocycles. The normalized spacial score (nSPS) is 19.3. The summed E-state index contributed by atoms with van der Waals surface area (Å²) < 4.78 is 50.1. The SMILES string of the molecule is C=C/C(=N\N=C)Oc1cc([C@@H]2CNCCO2)cc(C(F)(F)F)c1. The molecule has 1 aliphatic heterocycles. The first-order valence-electron chi connectivity index (χ1n) is 6.82. The van der Waals surface area contributed by atoms with Gasteiger partial charge in [0.05, 0.1) is 18.3 Å². The number of hydrogen-bond acceptors (Lipinski definition) is 5. The van der Waals surface area contributed by atoms with Gasteiger partial charge in [-0.2, -0.15) is 18.3 Å². The van der Waals surface area contributed by atoms with E-state index in [1.165, 1.54) is 12.1 Å². The van der Waals surface area contributed by atoms with Crippen LogP contribution in [0.2, 0.25) is 0 Å². The van der Waals surface area contributed by atoms with Crippen molar-refractivity contribution in [3.05, 3.63) is 42.0 Å². The van der Waals surface area contributed by atoms with Gasteiger partial charge in [0.1, 0.15) is 5.75 Å². The van der Waals surface area contributed by atoms with Crippen molar-refractivity contribution >= 4 is 12.6 Å². The van der Waals surface area contributed by atoms with E-state index in [0.717, 1.165) is 12.1 Å². The third-order valence-electron chi connectivity index (χ3n) is 3.12. The Morgan fingerprint density at radius 3 is 2.74 bits per heavy atom. The number of benzene rings is 1. The summed E-state index contributed by atoms with van der Waals surface area (Å²) in [6, 6.07) is 3.43. The largest absolute Gasteiger partial charge is 0.438 e. The molecule has 2 rings (SSSR count). The molecule has 0 radical (unpaired) electrons. The summed E-state index contributed by atoms with van der Waals surface area (Å²) in [5, 5.41) is 9.88. The van der Waals surface area contributed by atoms with Crippen LogP contribution in [0, 0.1) is 0 Å². The molecule has 1 N–H and O–H groups in total. The molecule has 1 aromatic rings. The second kappa shape index (κ2) is 7.38. The summed E-state index contributed by atoms with van der Waals surface area (Å²) in [5.41, 5.74) is -0.453. The van der Waals surface area contributed by atoms with Gasteiger partial charge < -0.3 is 14.8 Å². The van der Waals surface area contributed by atoms with Gasteiger partial charge in [-0.3, -0.25) is 0 Å². The Kier molecular flexibility index (Phi) is 5.51. The van der Waals surface area contributed by atoms with Gasteiger partial charge in [-0.15, -0.1) is 5.10 Å². The van der Waals surface area contributed by atoms with Crippen molar-refractivity contribution in [2.24, 2.45) is 10.2 Å². The molecule has 0 amide bonds. The molecule has 1 heterocycles. The lowest BCUT2D eigenvalue weighted by Crippen LogP contribution is -2.33. The van der Waals surface area contributed by atoms with Gasteiger partial charge in [-0.25, -0.2) is 0 Å². The molecule has 5 nitrogen and oxygen atoms in total. The third kappa shape index (κ3) is 4.64. The first-order valence-corrected chi connectivity index (χ1v) is 6.82. The minimum absolute atomic E-state index is 0.0219. The molecule has 1 saturated heterocycles. The molecule has 1 fully saturated rings. The molecular formula is C15H16F3N3O2. The predicted octanol–water partition coefficient (Wildman–Crippen LogP) is 2.95. The Morgan fingerprint density at radius 2 is 2.17 bits per heavy atom. The van der Waals surface area contributed by atoms with Crippen LogP contribution in [0.5, 0.6) is 5.75 Å². The highest BCUT2D eigenvalue weighted by molar-refractivity contribution is 5.89. The summed E-state index contributed by atoms with van der Waals surface area (Å²) in [7, 11) is 0. The third-order valence-corrected chi connectivity index (χ3v) is 3.12. The molecule has 23 heavy (non-hydrogen) atoms. The predicted molar refractivity (Wildman–Crippen MR) is 80.8 cm³/mol. The number of halogens is 3. The average molecular weight is 327 g/mol. The van der Waals surface area contributed by atoms with E-state index in [1.54, 1.807) is 0 Å². The molecule has 1 atom stereocenters. The van der Waals surface area contributed by atoms with Gasteiger partial charge in [-0.05, 0) is 29.8 Å². The van der Waals surface area contributed by atoms with Crippen molar-refractivity contribution in [1.29, 1.82) is 0 Å². The van der Waals surface area contributed by atoms with Crippen molar-refractivity contribution in [3.63, 3.8) is 0 Å². The zero-order chi connectivity index (χ0) is 16.9. The maximum atomic E-state index is 13.1. The van der Waals surface area contributed by atoms with E-state index in [0.29, 0.717) is 25.3 Å². The van der Waals surface area contributed by atoms with Crippen LogP contribution in [-0.2, 0) is 10.9 Å². The molecule has 0 bridgehead atoms. The van der Waals surface area contributed by atoms with E-state index in [2.05, 4.69) is 28.8 Å². The molecule has 1 aromatic carbocycles. The molecule has 0 saturated carbocycles. The van der Waals surface area contributed by atoms with Crippen LogP contribution in [-0.4, -0.2) is 32.3 Å². The summed E-state index contributed by atoms with van der Waals surface area (Å²) >= 11 is 0. The quantitative estimate of drug-likeness (QED) is 0.525. The van der Waals surface area contributed by atoms with E-state index in [-0.39, 0.29) is 11.6 Å². The molecule has 0 spiro atoms. The van der Waals surface area contributed by atoms with Gasteiger partial charge in [0, 0.05) is 19.8 Å². The maximum Gasteiger partial charge on any atom is 0.416 e. The maximum absolute atomic E-state index is 13.1. The highest BCUT2D eigenvalue weighted by atomic mass is 19.4. The Bertz CT molecular complexity index is 608. The Balaban J connectivity index is 2.38. The molecule has 0 aromatic heterocycles. The fourth-order valence-electron chi connectivity index (χ4n) is 2.10. The van der Waals surface area contributed by atoms with Gasteiger partial charge in [-0.1, -0.05) is 6.58 Å². The number of alkyl halides is 3. The number of morpholine rings is 1. The summed E-state index contributed by atoms with van der Waals surface area (Å²) in [6.45, 7) is 8.14. The lowest BCUT2D eigenvalue weighted by atomic mass is 10.0. The molecular weight excluding hydrogens is 311 g/mol. The van der Waals surface area contributed by atoms with E-state index in [9.17, 15) is 13.2 Å². The first kappa shape index (κ1) is 17.2. The Morgan fingerprint density at radius 1 is 1.39 bits per heavy atom. The van der Waals surface area contributed by atoms with Crippen molar-refractivity contribution < 1.29 is 22.6 Å². The van der Waals surface area contributed by atoms with Gasteiger partial charge in [0.2, 0.25) is 5.90 Å². The molecule has 0 unspecified atom stereocenters. The van der Waals surface area contributed by atoms with Crippen LogP contribution >= 0.6 is 0 Å². The van der Waals surface area contributed by atoms with Gasteiger partial charge in [0.15, 0.2) is 0 Å². The van der Waals surface area contributed by atoms with Crippen molar-refractivity contribution in [2.75, 3.05) is 19.7 Å². The minimum atomic E-state index is -4.50. The Hall–Kier alpha value is -2.19. The number of nitrogens with zero attached hydrogens (tertiary/aromatic N) is 2. The number of ether oxygens (including phenoxy) is 2. The summed E-state index contributed by atoms with van der Waals surface area (Å²) in [6.07, 6.45) is -3.75. The van der Waals surface area contributed by atoms with Crippen molar-refractivity contribution in [1.82, 2.24) is 5.32 Å². The van der Waals surface area contributed by atoms with Crippen LogP contribution in [0.3, 0.4) is 0 Å². The zero-order valence-corrected chi connectivity index (χ0v) is 12.3. The lowest BCUT2D eigenvalue weighted by Gasteiger charge is -2.25. The number of nitrogens with one attached hydrogen (secondary N) is 1. The van der Waals surface area contributed by atoms with Gasteiger partial charge in [0.25, 0.3) is 0 Å². The lowest BCUT2D eigenvalue weighted by molar-refractivity contribution is -0.137. The minimum Gasteiger partial charge on any atom is -0.438 e. The van der Waals surface area contributed by atoms with Crippen molar-refractivity contribution in [3.8, 4) is 5.75 Å². The highest BCUT2D eigenvalue weighted by Gasteiger charge is 2.32. The topological polar surface area (TPSA) is 55.2 Å². The van der Waals surface area contributed by atoms with Crippen LogP contribution in [0.1, 0.15) is 17.2 Å². The second-order valence-corrected chi connectivity index (χ2v) is 4.74. The van der Waals surface area contributed by atoms with Crippen LogP contribution in [0.4, 0.5) is 13.2 Å². The van der Waals surface area contributed by atoms with Crippen molar-refractivity contribution in [2.45, 2.75) is 12.3 Å². The van der Waals surface area contributed by atoms with Crippen LogP contribution < -0.4 is 10.1 Å².